The van der Waals surface area contributed by atoms with Crippen LogP contribution < -0.4 is 10.1 Å². The molecule has 0 radical (unpaired) electrons. The number of allylic oxidation sites excluding steroid dienone is 1. The summed E-state index contributed by atoms with van der Waals surface area (Å²) in [4.78, 5) is 12.2. The lowest BCUT2D eigenvalue weighted by molar-refractivity contribution is -0.120. The normalized spacial score (nSPS) is 16.6. The van der Waals surface area contributed by atoms with Gasteiger partial charge in [-0.05, 0) is 42.3 Å². The van der Waals surface area contributed by atoms with Crippen LogP contribution in [-0.2, 0) is 10.5 Å². The number of carbonyl (C=O) groups excluding carboxylic acids is 1. The number of hydrogen-bond donors (Lipinski definition) is 1. The van der Waals surface area contributed by atoms with Crippen LogP contribution in [0.1, 0.15) is 30.4 Å². The fourth-order valence-corrected chi connectivity index (χ4v) is 4.08. The maximum absolute atomic E-state index is 12.2. The van der Waals surface area contributed by atoms with E-state index in [1.807, 2.05) is 55.5 Å². The summed E-state index contributed by atoms with van der Waals surface area (Å²) in [5, 5.41) is 13.9. The summed E-state index contributed by atoms with van der Waals surface area (Å²) in [6, 6.07) is 17.4. The Hall–Kier alpha value is -2.42. The fraction of sp³-hybridized carbons (Fsp3) is 0.238. The number of ether oxygens (including phenoxy) is 1. The van der Waals surface area contributed by atoms with E-state index in [0.717, 1.165) is 16.9 Å². The molecule has 0 aromatic heterocycles. The topological polar surface area (TPSA) is 62.1 Å². The van der Waals surface area contributed by atoms with Crippen LogP contribution in [0, 0.1) is 11.3 Å². The van der Waals surface area contributed by atoms with Crippen molar-refractivity contribution in [3.8, 4) is 11.8 Å². The largest absolute Gasteiger partial charge is 0.494 e. The van der Waals surface area contributed by atoms with Crippen LogP contribution in [0.15, 0.2) is 59.1 Å². The Bertz CT molecular complexity index is 886. The van der Waals surface area contributed by atoms with Crippen molar-refractivity contribution >= 4 is 29.3 Å². The van der Waals surface area contributed by atoms with Crippen LogP contribution in [0.2, 0.25) is 5.02 Å². The molecule has 0 unspecified atom stereocenters. The quantitative estimate of drug-likeness (QED) is 0.742. The minimum atomic E-state index is -0.243. The number of nitrogens with zero attached hydrogens (tertiary/aromatic N) is 1. The van der Waals surface area contributed by atoms with Gasteiger partial charge in [-0.25, -0.2) is 0 Å². The van der Waals surface area contributed by atoms with Crippen LogP contribution in [0.5, 0.6) is 5.75 Å². The van der Waals surface area contributed by atoms with E-state index in [4.69, 9.17) is 16.3 Å². The predicted octanol–water partition coefficient (Wildman–Crippen LogP) is 5.01. The highest BCUT2D eigenvalue weighted by Gasteiger charge is 2.29. The first-order valence-corrected chi connectivity index (χ1v) is 10.0. The molecule has 6 heteroatoms. The van der Waals surface area contributed by atoms with Gasteiger partial charge in [0.25, 0.3) is 0 Å². The molecule has 1 aliphatic heterocycles. The Morgan fingerprint density at radius 1 is 1.22 bits per heavy atom. The van der Waals surface area contributed by atoms with E-state index in [9.17, 15) is 10.1 Å². The molecule has 0 aliphatic carbocycles. The smallest absolute Gasteiger partial charge is 0.225 e. The first-order valence-electron chi connectivity index (χ1n) is 8.64. The molecule has 0 bridgehead atoms. The van der Waals surface area contributed by atoms with Crippen molar-refractivity contribution in [1.82, 2.24) is 5.32 Å². The third kappa shape index (κ3) is 4.85. The number of nitrogens with one attached hydrogen (secondary N) is 1. The molecular weight excluding hydrogens is 380 g/mol. The van der Waals surface area contributed by atoms with Crippen LogP contribution in [0.3, 0.4) is 0 Å². The second-order valence-corrected chi connectivity index (χ2v) is 7.50. The lowest BCUT2D eigenvalue weighted by Gasteiger charge is -2.25. The van der Waals surface area contributed by atoms with Crippen LogP contribution in [0.4, 0.5) is 0 Å². The Labute approximate surface area is 168 Å². The lowest BCUT2D eigenvalue weighted by Crippen LogP contribution is -2.30. The molecule has 1 atom stereocenters. The van der Waals surface area contributed by atoms with Crippen molar-refractivity contribution in [1.29, 1.82) is 5.26 Å². The van der Waals surface area contributed by atoms with Gasteiger partial charge in [-0.3, -0.25) is 4.79 Å². The van der Waals surface area contributed by atoms with Gasteiger partial charge in [0.05, 0.1) is 23.3 Å². The monoisotopic (exact) mass is 398 g/mol. The Kier molecular flexibility index (Phi) is 6.44. The average molecular weight is 399 g/mol. The van der Waals surface area contributed by atoms with Crippen LogP contribution >= 0.6 is 23.4 Å². The molecule has 0 saturated heterocycles. The SMILES string of the molecule is CCOc1ccc([C@H]2CC(=O)NC(SCc3ccc(Cl)cc3)=C2C#N)cc1. The van der Waals surface area contributed by atoms with Gasteiger partial charge in [-0.15, -0.1) is 11.8 Å². The van der Waals surface area contributed by atoms with Gasteiger partial charge in [0.2, 0.25) is 5.91 Å². The third-order valence-corrected chi connectivity index (χ3v) is 5.59. The average Bonchev–Trinajstić information content (AvgIpc) is 2.68. The standard InChI is InChI=1S/C21H19ClN2O2S/c1-2-26-17-9-5-15(6-10-17)18-11-20(25)24-21(19(18)12-23)27-13-14-3-7-16(22)8-4-14/h3-10,18H,2,11,13H2,1H3,(H,24,25)/t18-/m1/s1. The summed E-state index contributed by atoms with van der Waals surface area (Å²) in [7, 11) is 0. The number of rotatable bonds is 6. The first kappa shape index (κ1) is 19.3. The van der Waals surface area contributed by atoms with Crippen molar-refractivity contribution in [2.45, 2.75) is 25.0 Å². The highest BCUT2D eigenvalue weighted by Crippen LogP contribution is 2.37. The molecule has 2 aromatic carbocycles. The van der Waals surface area contributed by atoms with E-state index in [1.54, 1.807) is 0 Å². The van der Waals surface area contributed by atoms with Crippen LogP contribution in [-0.4, -0.2) is 12.5 Å². The number of benzene rings is 2. The molecule has 1 heterocycles. The van der Waals surface area contributed by atoms with Crippen molar-refractivity contribution in [2.75, 3.05) is 6.61 Å². The summed E-state index contributed by atoms with van der Waals surface area (Å²) >= 11 is 7.38. The van der Waals surface area contributed by atoms with E-state index < -0.39 is 0 Å². The van der Waals surface area contributed by atoms with Gasteiger partial charge >= 0.3 is 0 Å². The van der Waals surface area contributed by atoms with Gasteiger partial charge in [0, 0.05) is 23.1 Å². The number of hydrogen-bond acceptors (Lipinski definition) is 4. The fourth-order valence-electron chi connectivity index (χ4n) is 2.92. The number of halogens is 1. The van der Waals surface area contributed by atoms with E-state index in [1.165, 1.54) is 11.8 Å². The lowest BCUT2D eigenvalue weighted by atomic mass is 9.87. The summed E-state index contributed by atoms with van der Waals surface area (Å²) in [6.45, 7) is 2.53. The minimum absolute atomic E-state index is 0.0773. The van der Waals surface area contributed by atoms with Crippen molar-refractivity contribution in [3.63, 3.8) is 0 Å². The van der Waals surface area contributed by atoms with Gasteiger partial charge in [0.1, 0.15) is 5.75 Å². The van der Waals surface area contributed by atoms with Crippen molar-refractivity contribution < 1.29 is 9.53 Å². The maximum Gasteiger partial charge on any atom is 0.225 e. The second-order valence-electron chi connectivity index (χ2n) is 6.08. The zero-order chi connectivity index (χ0) is 19.2. The molecule has 0 saturated carbocycles. The molecule has 1 amide bonds. The maximum atomic E-state index is 12.2. The molecule has 4 nitrogen and oxygen atoms in total. The minimum Gasteiger partial charge on any atom is -0.494 e. The number of amides is 1. The second kappa shape index (κ2) is 8.98. The summed E-state index contributed by atoms with van der Waals surface area (Å²) in [6.07, 6.45) is 0.266. The molecule has 0 fully saturated rings. The van der Waals surface area contributed by atoms with E-state index in [0.29, 0.717) is 28.0 Å². The Morgan fingerprint density at radius 3 is 2.56 bits per heavy atom. The van der Waals surface area contributed by atoms with E-state index >= 15 is 0 Å². The van der Waals surface area contributed by atoms with Gasteiger partial charge in [-0.1, -0.05) is 35.9 Å². The molecule has 1 aliphatic rings. The molecular formula is C21H19ClN2O2S. The number of thioether (sulfide) groups is 1. The highest BCUT2D eigenvalue weighted by atomic mass is 35.5. The zero-order valence-electron chi connectivity index (χ0n) is 14.9. The van der Waals surface area contributed by atoms with Crippen LogP contribution in [0.25, 0.3) is 0 Å². The predicted molar refractivity (Wildman–Crippen MR) is 108 cm³/mol. The molecule has 2 aromatic rings. The van der Waals surface area contributed by atoms with Gasteiger partial charge in [0.15, 0.2) is 0 Å². The van der Waals surface area contributed by atoms with Crippen molar-refractivity contribution in [2.24, 2.45) is 0 Å². The van der Waals surface area contributed by atoms with E-state index in [2.05, 4.69) is 11.4 Å². The number of nitriles is 1. The molecule has 3 rings (SSSR count). The zero-order valence-corrected chi connectivity index (χ0v) is 16.4. The molecule has 138 valence electrons. The number of carbonyl (C=O) groups is 1. The Morgan fingerprint density at radius 2 is 1.93 bits per heavy atom. The van der Waals surface area contributed by atoms with E-state index in [-0.39, 0.29) is 18.2 Å². The molecule has 1 N–H and O–H groups in total. The molecule has 0 spiro atoms. The van der Waals surface area contributed by atoms with Crippen molar-refractivity contribution in [3.05, 3.63) is 75.3 Å². The first-order chi connectivity index (χ1) is 13.1. The summed E-state index contributed by atoms with van der Waals surface area (Å²) in [5.41, 5.74) is 2.61. The highest BCUT2D eigenvalue weighted by molar-refractivity contribution is 8.02. The van der Waals surface area contributed by atoms with Gasteiger partial charge < -0.3 is 10.1 Å². The van der Waals surface area contributed by atoms with Gasteiger partial charge in [-0.2, -0.15) is 5.26 Å². The third-order valence-electron chi connectivity index (χ3n) is 4.25. The summed E-state index contributed by atoms with van der Waals surface area (Å²) < 4.78 is 5.47. The summed E-state index contributed by atoms with van der Waals surface area (Å²) in [5.74, 6) is 1.11. The Balaban J connectivity index is 1.83. The molecule has 27 heavy (non-hydrogen) atoms.